The SMILES string of the molecule is CN=C(NCc1coc(-c2cccs2)n1)NC1CC(C)N(Cc2ccccc2)C1. The lowest BCUT2D eigenvalue weighted by atomic mass is 10.2. The van der Waals surface area contributed by atoms with E-state index in [0.717, 1.165) is 36.0 Å². The van der Waals surface area contributed by atoms with Gasteiger partial charge in [0.15, 0.2) is 5.96 Å². The number of oxazole rings is 1. The molecule has 4 rings (SSSR count). The van der Waals surface area contributed by atoms with Gasteiger partial charge in [0.1, 0.15) is 6.26 Å². The van der Waals surface area contributed by atoms with Gasteiger partial charge in [0.05, 0.1) is 17.1 Å². The number of aromatic nitrogens is 1. The molecule has 1 aliphatic heterocycles. The molecule has 7 heteroatoms. The predicted octanol–water partition coefficient (Wildman–Crippen LogP) is 3.73. The van der Waals surface area contributed by atoms with Crippen LogP contribution in [0.25, 0.3) is 10.8 Å². The van der Waals surface area contributed by atoms with E-state index in [-0.39, 0.29) is 0 Å². The number of nitrogens with one attached hydrogen (secondary N) is 2. The first-order valence-electron chi connectivity index (χ1n) is 9.94. The number of guanidine groups is 1. The molecule has 1 aliphatic rings. The Labute approximate surface area is 175 Å². The van der Waals surface area contributed by atoms with Crippen molar-refractivity contribution in [2.24, 2.45) is 4.99 Å². The van der Waals surface area contributed by atoms with Gasteiger partial charge in [-0.05, 0) is 30.4 Å². The second-order valence-corrected chi connectivity index (χ2v) is 8.34. The normalized spacial score (nSPS) is 20.1. The van der Waals surface area contributed by atoms with Crippen molar-refractivity contribution < 1.29 is 4.42 Å². The van der Waals surface area contributed by atoms with Crippen molar-refractivity contribution >= 4 is 17.3 Å². The highest BCUT2D eigenvalue weighted by Gasteiger charge is 2.29. The lowest BCUT2D eigenvalue weighted by Crippen LogP contribution is -2.44. The smallest absolute Gasteiger partial charge is 0.236 e. The lowest BCUT2D eigenvalue weighted by molar-refractivity contribution is 0.258. The molecule has 0 saturated carbocycles. The van der Waals surface area contributed by atoms with Gasteiger partial charge in [-0.1, -0.05) is 36.4 Å². The van der Waals surface area contributed by atoms with Crippen molar-refractivity contribution in [3.05, 3.63) is 65.4 Å². The summed E-state index contributed by atoms with van der Waals surface area (Å²) in [6, 6.07) is 15.6. The number of rotatable bonds is 6. The van der Waals surface area contributed by atoms with Crippen molar-refractivity contribution in [1.82, 2.24) is 20.5 Å². The molecule has 2 unspecified atom stereocenters. The van der Waals surface area contributed by atoms with Crippen molar-refractivity contribution in [2.45, 2.75) is 38.5 Å². The van der Waals surface area contributed by atoms with Crippen LogP contribution in [0.4, 0.5) is 0 Å². The van der Waals surface area contributed by atoms with E-state index in [1.807, 2.05) is 17.5 Å². The van der Waals surface area contributed by atoms with E-state index in [1.165, 1.54) is 5.56 Å². The Kier molecular flexibility index (Phi) is 6.27. The molecule has 1 fully saturated rings. The van der Waals surface area contributed by atoms with Crippen LogP contribution in [0.1, 0.15) is 24.6 Å². The molecule has 0 aliphatic carbocycles. The Morgan fingerprint density at radius 1 is 1.28 bits per heavy atom. The maximum absolute atomic E-state index is 5.59. The highest BCUT2D eigenvalue weighted by Crippen LogP contribution is 2.23. The van der Waals surface area contributed by atoms with Crippen molar-refractivity contribution in [3.63, 3.8) is 0 Å². The Bertz CT molecular complexity index is 922. The van der Waals surface area contributed by atoms with E-state index in [4.69, 9.17) is 4.42 Å². The van der Waals surface area contributed by atoms with Crippen LogP contribution >= 0.6 is 11.3 Å². The van der Waals surface area contributed by atoms with Gasteiger partial charge in [-0.2, -0.15) is 0 Å². The zero-order valence-electron chi connectivity index (χ0n) is 16.8. The van der Waals surface area contributed by atoms with Crippen LogP contribution in [0.15, 0.2) is 63.5 Å². The zero-order chi connectivity index (χ0) is 20.1. The fourth-order valence-corrected chi connectivity index (χ4v) is 4.36. The van der Waals surface area contributed by atoms with Gasteiger partial charge >= 0.3 is 0 Å². The topological polar surface area (TPSA) is 65.7 Å². The van der Waals surface area contributed by atoms with Gasteiger partial charge in [0, 0.05) is 32.2 Å². The molecule has 6 nitrogen and oxygen atoms in total. The second-order valence-electron chi connectivity index (χ2n) is 7.39. The number of thiophene rings is 1. The third-order valence-corrected chi connectivity index (χ3v) is 6.08. The Hall–Kier alpha value is -2.64. The van der Waals surface area contributed by atoms with Gasteiger partial charge in [-0.15, -0.1) is 11.3 Å². The summed E-state index contributed by atoms with van der Waals surface area (Å²) in [4.78, 5) is 12.5. The van der Waals surface area contributed by atoms with Gasteiger partial charge in [-0.25, -0.2) is 4.98 Å². The molecule has 1 saturated heterocycles. The van der Waals surface area contributed by atoms with Crippen LogP contribution < -0.4 is 10.6 Å². The van der Waals surface area contributed by atoms with Gasteiger partial charge in [0.25, 0.3) is 0 Å². The third-order valence-electron chi connectivity index (χ3n) is 5.22. The minimum atomic E-state index is 0.374. The highest BCUT2D eigenvalue weighted by atomic mass is 32.1. The molecule has 3 heterocycles. The highest BCUT2D eigenvalue weighted by molar-refractivity contribution is 7.13. The zero-order valence-corrected chi connectivity index (χ0v) is 17.7. The van der Waals surface area contributed by atoms with Crippen molar-refractivity contribution in [1.29, 1.82) is 0 Å². The summed E-state index contributed by atoms with van der Waals surface area (Å²) < 4.78 is 5.59. The second kappa shape index (κ2) is 9.24. The number of nitrogens with zero attached hydrogens (tertiary/aromatic N) is 3. The molecular formula is C22H27N5OS. The molecule has 0 spiro atoms. The maximum Gasteiger partial charge on any atom is 0.236 e. The molecule has 29 heavy (non-hydrogen) atoms. The van der Waals surface area contributed by atoms with Crippen LogP contribution in [0.5, 0.6) is 0 Å². The maximum atomic E-state index is 5.59. The van der Waals surface area contributed by atoms with Crippen molar-refractivity contribution in [3.8, 4) is 10.8 Å². The molecule has 0 radical (unpaired) electrons. The van der Waals surface area contributed by atoms with Gasteiger partial charge in [-0.3, -0.25) is 9.89 Å². The molecule has 2 atom stereocenters. The first kappa shape index (κ1) is 19.7. The van der Waals surface area contributed by atoms with Crippen LogP contribution in [-0.4, -0.2) is 41.5 Å². The predicted molar refractivity (Wildman–Crippen MR) is 118 cm³/mol. The molecule has 2 aromatic heterocycles. The van der Waals surface area contributed by atoms with Gasteiger partial charge in [0.2, 0.25) is 5.89 Å². The van der Waals surface area contributed by atoms with E-state index in [0.29, 0.717) is 24.5 Å². The molecule has 1 aromatic carbocycles. The number of aliphatic imine (C=N–C) groups is 1. The van der Waals surface area contributed by atoms with Crippen LogP contribution in [0, 0.1) is 0 Å². The molecule has 0 bridgehead atoms. The largest absolute Gasteiger partial charge is 0.443 e. The van der Waals surface area contributed by atoms with Crippen LogP contribution in [0.3, 0.4) is 0 Å². The summed E-state index contributed by atoms with van der Waals surface area (Å²) in [6.07, 6.45) is 2.80. The van der Waals surface area contributed by atoms with E-state index < -0.39 is 0 Å². The summed E-state index contributed by atoms with van der Waals surface area (Å²) >= 11 is 1.62. The summed E-state index contributed by atoms with van der Waals surface area (Å²) in [6.45, 7) is 4.85. The van der Waals surface area contributed by atoms with Crippen LogP contribution in [-0.2, 0) is 13.1 Å². The number of likely N-dealkylation sites (tertiary alicyclic amines) is 1. The number of hydrogen-bond acceptors (Lipinski definition) is 5. The van der Waals surface area contributed by atoms with E-state index in [2.05, 4.69) is 62.8 Å². The van der Waals surface area contributed by atoms with Crippen molar-refractivity contribution in [2.75, 3.05) is 13.6 Å². The average molecular weight is 410 g/mol. The lowest BCUT2D eigenvalue weighted by Gasteiger charge is -2.21. The quantitative estimate of drug-likeness (QED) is 0.480. The average Bonchev–Trinajstić information content (AvgIpc) is 3.48. The van der Waals surface area contributed by atoms with Crippen LogP contribution in [0.2, 0.25) is 0 Å². The molecule has 152 valence electrons. The van der Waals surface area contributed by atoms with E-state index in [9.17, 15) is 0 Å². The Balaban J connectivity index is 1.28. The first-order valence-corrected chi connectivity index (χ1v) is 10.8. The first-order chi connectivity index (χ1) is 14.2. The molecule has 0 amide bonds. The fourth-order valence-electron chi connectivity index (χ4n) is 3.71. The summed E-state index contributed by atoms with van der Waals surface area (Å²) in [5.41, 5.74) is 2.22. The summed E-state index contributed by atoms with van der Waals surface area (Å²) in [5, 5.41) is 8.93. The minimum Gasteiger partial charge on any atom is -0.443 e. The summed E-state index contributed by atoms with van der Waals surface area (Å²) in [5.74, 6) is 1.46. The fraction of sp³-hybridized carbons (Fsp3) is 0.364. The van der Waals surface area contributed by atoms with Gasteiger partial charge < -0.3 is 15.1 Å². The number of benzene rings is 1. The van der Waals surface area contributed by atoms with E-state index >= 15 is 0 Å². The molecule has 2 N–H and O–H groups in total. The Morgan fingerprint density at radius 2 is 2.14 bits per heavy atom. The third kappa shape index (κ3) is 5.05. The molecule has 3 aromatic rings. The minimum absolute atomic E-state index is 0.374. The monoisotopic (exact) mass is 409 g/mol. The number of hydrogen-bond donors (Lipinski definition) is 2. The standard InChI is InChI=1S/C22H27N5OS/c1-16-11-18(14-27(16)13-17-7-4-3-5-8-17)26-22(23-2)24-12-19-15-28-21(25-19)20-9-6-10-29-20/h3-10,15-16,18H,11-14H2,1-2H3,(H2,23,24,26). The Morgan fingerprint density at radius 3 is 2.90 bits per heavy atom. The summed E-state index contributed by atoms with van der Waals surface area (Å²) in [7, 11) is 1.80. The molecular weight excluding hydrogens is 382 g/mol. The van der Waals surface area contributed by atoms with E-state index in [1.54, 1.807) is 24.6 Å².